The maximum absolute atomic E-state index is 13.7. The van der Waals surface area contributed by atoms with E-state index in [2.05, 4.69) is 15.3 Å². The predicted octanol–water partition coefficient (Wildman–Crippen LogP) is 3.07. The molecule has 0 aliphatic carbocycles. The van der Waals surface area contributed by atoms with Crippen molar-refractivity contribution in [3.8, 4) is 11.6 Å². The molecule has 2 rings (SSSR count). The van der Waals surface area contributed by atoms with E-state index in [1.807, 2.05) is 0 Å². The summed E-state index contributed by atoms with van der Waals surface area (Å²) in [5.41, 5.74) is -0.210. The fourth-order valence-electron chi connectivity index (χ4n) is 2.34. The fraction of sp³-hybridized carbons (Fsp3) is 0.350. The number of rotatable bonds is 9. The van der Waals surface area contributed by atoms with E-state index in [1.165, 1.54) is 13.2 Å². The fourth-order valence-corrected chi connectivity index (χ4v) is 2.79. The number of halogens is 2. The van der Waals surface area contributed by atoms with Crippen LogP contribution in [0, 0.1) is 0 Å². The Morgan fingerprint density at radius 3 is 2.45 bits per heavy atom. The van der Waals surface area contributed by atoms with E-state index >= 15 is 0 Å². The molecular formula is C20H23F2N3O5S. The van der Waals surface area contributed by atoms with E-state index < -0.39 is 39.6 Å². The number of nitrogens with one attached hydrogen (secondary N) is 1. The van der Waals surface area contributed by atoms with Crippen molar-refractivity contribution in [2.24, 2.45) is 0 Å². The molecule has 0 aliphatic rings. The zero-order chi connectivity index (χ0) is 23.2. The number of benzene rings is 1. The number of methoxy groups -OCH3 is 1. The van der Waals surface area contributed by atoms with E-state index in [-0.39, 0.29) is 17.2 Å². The van der Waals surface area contributed by atoms with Crippen molar-refractivity contribution in [1.29, 1.82) is 0 Å². The molecule has 1 aromatic heterocycles. The first kappa shape index (κ1) is 24.4. The first-order valence-electron chi connectivity index (χ1n) is 9.11. The minimum atomic E-state index is -3.45. The molecule has 168 valence electrons. The van der Waals surface area contributed by atoms with Crippen LogP contribution in [0.5, 0.6) is 11.6 Å². The first-order valence-corrected chi connectivity index (χ1v) is 11.1. The molecule has 2 unspecified atom stereocenters. The summed E-state index contributed by atoms with van der Waals surface area (Å²) >= 11 is 0. The van der Waals surface area contributed by atoms with Gasteiger partial charge >= 0.3 is 5.92 Å². The Balaban J connectivity index is 2.41. The largest absolute Gasteiger partial charge is 0.438 e. The van der Waals surface area contributed by atoms with Gasteiger partial charge in [-0.25, -0.2) is 13.4 Å². The molecule has 1 amide bonds. The van der Waals surface area contributed by atoms with Gasteiger partial charge in [-0.05, 0) is 25.1 Å². The van der Waals surface area contributed by atoms with E-state index in [9.17, 15) is 22.0 Å². The normalized spacial score (nSPS) is 14.3. The van der Waals surface area contributed by atoms with Crippen molar-refractivity contribution in [3.63, 3.8) is 0 Å². The first-order chi connectivity index (χ1) is 14.4. The SMILES string of the molecule is COC(C)C(/C=C/S(C)(=O)=O)NC(=O)c1cnc(C(C)(F)F)nc1Oc1ccccc1. The third-order valence-electron chi connectivity index (χ3n) is 4.06. The van der Waals surface area contributed by atoms with Crippen LogP contribution in [-0.4, -0.2) is 49.8 Å². The van der Waals surface area contributed by atoms with Crippen LogP contribution < -0.4 is 10.1 Å². The lowest BCUT2D eigenvalue weighted by Crippen LogP contribution is -2.42. The third-order valence-corrected chi connectivity index (χ3v) is 4.71. The van der Waals surface area contributed by atoms with Crippen molar-refractivity contribution in [1.82, 2.24) is 15.3 Å². The Hall–Kier alpha value is -2.92. The van der Waals surface area contributed by atoms with Crippen LogP contribution in [0.2, 0.25) is 0 Å². The molecule has 0 fully saturated rings. The summed E-state index contributed by atoms with van der Waals surface area (Å²) in [7, 11) is -2.06. The molecule has 0 saturated carbocycles. The van der Waals surface area contributed by atoms with Crippen LogP contribution in [0.1, 0.15) is 30.0 Å². The highest BCUT2D eigenvalue weighted by Crippen LogP contribution is 2.29. The van der Waals surface area contributed by atoms with Crippen molar-refractivity contribution in [2.75, 3.05) is 13.4 Å². The van der Waals surface area contributed by atoms with E-state index in [0.717, 1.165) is 17.9 Å². The third kappa shape index (κ3) is 7.37. The summed E-state index contributed by atoms with van der Waals surface area (Å²) < 4.78 is 61.1. The van der Waals surface area contributed by atoms with Gasteiger partial charge in [0.1, 0.15) is 11.3 Å². The molecule has 0 bridgehead atoms. The number of nitrogens with zero attached hydrogens (tertiary/aromatic N) is 2. The molecule has 11 heteroatoms. The molecule has 0 aliphatic heterocycles. The van der Waals surface area contributed by atoms with Gasteiger partial charge in [0.05, 0.1) is 12.1 Å². The van der Waals surface area contributed by atoms with Gasteiger partial charge < -0.3 is 14.8 Å². The van der Waals surface area contributed by atoms with Gasteiger partial charge in [0.15, 0.2) is 9.84 Å². The monoisotopic (exact) mass is 455 g/mol. The molecular weight excluding hydrogens is 432 g/mol. The van der Waals surface area contributed by atoms with E-state index in [4.69, 9.17) is 9.47 Å². The quantitative estimate of drug-likeness (QED) is 0.619. The van der Waals surface area contributed by atoms with Gasteiger partial charge in [0.2, 0.25) is 11.7 Å². The number of aromatic nitrogens is 2. The number of hydrogen-bond donors (Lipinski definition) is 1. The summed E-state index contributed by atoms with van der Waals surface area (Å²) in [4.78, 5) is 20.2. The standard InChI is InChI=1S/C20H23F2N3O5S/c1-13(29-3)16(10-11-31(4,27)28)24-17(26)15-12-23-19(20(2,21)22)25-18(15)30-14-8-6-5-7-9-14/h5-13,16H,1-4H3,(H,24,26)/b11-10+. The summed E-state index contributed by atoms with van der Waals surface area (Å²) in [5.74, 6) is -5.02. The number of para-hydroxylation sites is 1. The van der Waals surface area contributed by atoms with Gasteiger partial charge in [-0.15, -0.1) is 0 Å². The zero-order valence-electron chi connectivity index (χ0n) is 17.4. The lowest BCUT2D eigenvalue weighted by Gasteiger charge is -2.21. The molecule has 0 saturated heterocycles. The van der Waals surface area contributed by atoms with Gasteiger partial charge in [0, 0.05) is 31.9 Å². The van der Waals surface area contributed by atoms with Crippen LogP contribution >= 0.6 is 0 Å². The second-order valence-corrected chi connectivity index (χ2v) is 8.75. The van der Waals surface area contributed by atoms with Crippen LogP contribution in [0.25, 0.3) is 0 Å². The molecule has 0 spiro atoms. The van der Waals surface area contributed by atoms with Gasteiger partial charge in [-0.2, -0.15) is 13.8 Å². The van der Waals surface area contributed by atoms with Crippen LogP contribution in [-0.2, 0) is 20.5 Å². The lowest BCUT2D eigenvalue weighted by atomic mass is 10.1. The van der Waals surface area contributed by atoms with Crippen LogP contribution in [0.4, 0.5) is 8.78 Å². The maximum Gasteiger partial charge on any atom is 0.303 e. The molecule has 1 aromatic carbocycles. The number of carbonyl (C=O) groups is 1. The number of hydrogen-bond acceptors (Lipinski definition) is 7. The maximum atomic E-state index is 13.7. The van der Waals surface area contributed by atoms with Crippen LogP contribution in [0.3, 0.4) is 0 Å². The van der Waals surface area contributed by atoms with Crippen molar-refractivity contribution in [3.05, 3.63) is 59.4 Å². The van der Waals surface area contributed by atoms with E-state index in [0.29, 0.717) is 6.92 Å². The highest BCUT2D eigenvalue weighted by molar-refractivity contribution is 7.93. The average Bonchev–Trinajstić information content (AvgIpc) is 2.69. The number of alkyl halides is 2. The lowest BCUT2D eigenvalue weighted by molar-refractivity contribution is 0.00707. The highest BCUT2D eigenvalue weighted by Gasteiger charge is 2.31. The second kappa shape index (κ2) is 9.92. The molecule has 1 heterocycles. The Bertz CT molecular complexity index is 1040. The van der Waals surface area contributed by atoms with Crippen LogP contribution in [0.15, 0.2) is 48.0 Å². The molecule has 2 aromatic rings. The number of amides is 1. The minimum Gasteiger partial charge on any atom is -0.438 e. The molecule has 8 nitrogen and oxygen atoms in total. The number of sulfone groups is 1. The molecule has 2 atom stereocenters. The van der Waals surface area contributed by atoms with Gasteiger partial charge in [-0.3, -0.25) is 4.79 Å². The Morgan fingerprint density at radius 1 is 1.26 bits per heavy atom. The zero-order valence-corrected chi connectivity index (χ0v) is 18.2. The minimum absolute atomic E-state index is 0.210. The highest BCUT2D eigenvalue weighted by atomic mass is 32.2. The Labute approximate surface area is 179 Å². The second-order valence-electron chi connectivity index (χ2n) is 6.81. The van der Waals surface area contributed by atoms with Crippen molar-refractivity contribution < 1.29 is 31.5 Å². The summed E-state index contributed by atoms with van der Waals surface area (Å²) in [5, 5.41) is 3.51. The molecule has 0 radical (unpaired) electrons. The number of ether oxygens (including phenoxy) is 2. The molecule has 1 N–H and O–H groups in total. The summed E-state index contributed by atoms with van der Waals surface area (Å²) in [6.07, 6.45) is 2.60. The molecule has 31 heavy (non-hydrogen) atoms. The number of carbonyl (C=O) groups excluding carboxylic acids is 1. The average molecular weight is 455 g/mol. The van der Waals surface area contributed by atoms with Crippen molar-refractivity contribution in [2.45, 2.75) is 31.9 Å². The van der Waals surface area contributed by atoms with Crippen molar-refractivity contribution >= 4 is 15.7 Å². The van der Waals surface area contributed by atoms with E-state index in [1.54, 1.807) is 37.3 Å². The smallest absolute Gasteiger partial charge is 0.303 e. The summed E-state index contributed by atoms with van der Waals surface area (Å²) in [6.45, 7) is 2.25. The Morgan fingerprint density at radius 2 is 1.90 bits per heavy atom. The summed E-state index contributed by atoms with van der Waals surface area (Å²) in [6, 6.07) is 7.35. The van der Waals surface area contributed by atoms with Gasteiger partial charge in [-0.1, -0.05) is 18.2 Å². The Kier molecular flexibility index (Phi) is 7.80. The van der Waals surface area contributed by atoms with Gasteiger partial charge in [0.25, 0.3) is 5.91 Å². The topological polar surface area (TPSA) is 107 Å². The predicted molar refractivity (Wildman–Crippen MR) is 110 cm³/mol.